The largest absolute Gasteiger partial charge is 0.487 e. The van der Waals surface area contributed by atoms with E-state index in [0.717, 1.165) is 16.8 Å². The van der Waals surface area contributed by atoms with E-state index < -0.39 is 17.8 Å². The maximum atomic E-state index is 13.4. The second kappa shape index (κ2) is 9.83. The van der Waals surface area contributed by atoms with Gasteiger partial charge >= 0.3 is 5.97 Å². The molecule has 154 valence electrons. The van der Waals surface area contributed by atoms with Crippen molar-refractivity contribution in [3.63, 3.8) is 0 Å². The van der Waals surface area contributed by atoms with Crippen molar-refractivity contribution in [1.29, 1.82) is 0 Å². The molecule has 2 atom stereocenters. The number of benzene rings is 2. The van der Waals surface area contributed by atoms with Crippen molar-refractivity contribution < 1.29 is 19.4 Å². The summed E-state index contributed by atoms with van der Waals surface area (Å²) < 4.78 is 5.80. The highest BCUT2D eigenvalue weighted by atomic mass is 16.5. The van der Waals surface area contributed by atoms with Crippen molar-refractivity contribution in [2.24, 2.45) is 5.92 Å². The van der Waals surface area contributed by atoms with Gasteiger partial charge in [0.25, 0.3) is 0 Å². The molecule has 0 aliphatic carbocycles. The third kappa shape index (κ3) is 5.32. The number of carbonyl (C=O) groups excluding carboxylic acids is 1. The second-order valence-corrected chi connectivity index (χ2v) is 7.39. The van der Waals surface area contributed by atoms with E-state index in [1.54, 1.807) is 37.4 Å². The molecule has 2 aromatic carbocycles. The molecule has 0 radical (unpaired) electrons. The Hall–Kier alpha value is -3.47. The van der Waals surface area contributed by atoms with Gasteiger partial charge in [0.15, 0.2) is 5.78 Å². The van der Waals surface area contributed by atoms with Crippen LogP contribution < -0.4 is 4.74 Å². The molecule has 0 bridgehead atoms. The first-order valence-corrected chi connectivity index (χ1v) is 9.91. The van der Waals surface area contributed by atoms with E-state index in [1.807, 2.05) is 49.4 Å². The first-order valence-electron chi connectivity index (χ1n) is 9.91. The molecule has 0 aliphatic heterocycles. The minimum absolute atomic E-state index is 0.110. The molecule has 1 heterocycles. The fraction of sp³-hybridized carbons (Fsp3) is 0.240. The number of Topliss-reactive ketones (excluding diaryl/α,β-unsaturated/α-hetero) is 1. The quantitative estimate of drug-likeness (QED) is 0.506. The second-order valence-electron chi connectivity index (χ2n) is 7.39. The summed E-state index contributed by atoms with van der Waals surface area (Å²) >= 11 is 0. The number of aryl methyl sites for hydroxylation is 1. The Morgan fingerprint density at radius 2 is 1.80 bits per heavy atom. The number of nitrogens with zero attached hydrogens (tertiary/aromatic N) is 1. The lowest BCUT2D eigenvalue weighted by Gasteiger charge is -2.21. The van der Waals surface area contributed by atoms with Gasteiger partial charge in [-0.1, -0.05) is 49.4 Å². The summed E-state index contributed by atoms with van der Waals surface area (Å²) in [7, 11) is 0. The highest BCUT2D eigenvalue weighted by molar-refractivity contribution is 6.01. The van der Waals surface area contributed by atoms with E-state index in [-0.39, 0.29) is 12.2 Å². The SMILES string of the molecule is Cc1ccccc1C(CC(C)C(=O)O)C(=O)c1cccc(OCc2ccccn2)c1. The molecule has 5 heteroatoms. The normalized spacial score (nSPS) is 12.7. The van der Waals surface area contributed by atoms with Crippen molar-refractivity contribution >= 4 is 11.8 Å². The van der Waals surface area contributed by atoms with Gasteiger partial charge in [0, 0.05) is 17.7 Å². The van der Waals surface area contributed by atoms with Crippen molar-refractivity contribution in [2.75, 3.05) is 0 Å². The van der Waals surface area contributed by atoms with E-state index in [9.17, 15) is 14.7 Å². The summed E-state index contributed by atoms with van der Waals surface area (Å²) in [6.07, 6.45) is 1.94. The van der Waals surface area contributed by atoms with Crippen LogP contribution in [0, 0.1) is 12.8 Å². The van der Waals surface area contributed by atoms with E-state index in [2.05, 4.69) is 4.98 Å². The molecule has 3 aromatic rings. The Balaban J connectivity index is 1.85. The summed E-state index contributed by atoms with van der Waals surface area (Å²) in [5, 5.41) is 9.38. The monoisotopic (exact) mass is 403 g/mol. The molecule has 1 N–H and O–H groups in total. The van der Waals surface area contributed by atoms with E-state index >= 15 is 0 Å². The highest BCUT2D eigenvalue weighted by Crippen LogP contribution is 2.31. The van der Waals surface area contributed by atoms with Crippen LogP contribution in [-0.4, -0.2) is 21.8 Å². The number of carbonyl (C=O) groups is 2. The number of aliphatic carboxylic acids is 1. The Morgan fingerprint density at radius 3 is 2.50 bits per heavy atom. The molecule has 0 fully saturated rings. The first kappa shape index (κ1) is 21.2. The number of ether oxygens (including phenoxy) is 1. The Morgan fingerprint density at radius 1 is 1.03 bits per heavy atom. The predicted octanol–water partition coefficient (Wildman–Crippen LogP) is 5.05. The van der Waals surface area contributed by atoms with Gasteiger partial charge in [-0.15, -0.1) is 0 Å². The number of aromatic nitrogens is 1. The molecule has 30 heavy (non-hydrogen) atoms. The molecule has 3 rings (SSSR count). The Kier molecular flexibility index (Phi) is 6.96. The molecule has 0 aliphatic rings. The number of ketones is 1. The van der Waals surface area contributed by atoms with Gasteiger partial charge in [-0.05, 0) is 48.7 Å². The number of carboxylic acids is 1. The number of carboxylic acid groups (broad SMARTS) is 1. The van der Waals surface area contributed by atoms with Crippen LogP contribution in [0.4, 0.5) is 0 Å². The average molecular weight is 403 g/mol. The van der Waals surface area contributed by atoms with Crippen LogP contribution in [0.5, 0.6) is 5.75 Å². The Labute approximate surface area is 176 Å². The summed E-state index contributed by atoms with van der Waals surface area (Å²) in [6.45, 7) is 3.87. The van der Waals surface area contributed by atoms with Crippen LogP contribution >= 0.6 is 0 Å². The van der Waals surface area contributed by atoms with Gasteiger partial charge in [-0.25, -0.2) is 0 Å². The zero-order valence-corrected chi connectivity index (χ0v) is 17.1. The molecule has 0 spiro atoms. The van der Waals surface area contributed by atoms with Gasteiger partial charge in [0.1, 0.15) is 12.4 Å². The minimum atomic E-state index is -0.908. The van der Waals surface area contributed by atoms with Crippen molar-refractivity contribution in [3.8, 4) is 5.75 Å². The van der Waals surface area contributed by atoms with Crippen LogP contribution in [0.25, 0.3) is 0 Å². The number of hydrogen-bond acceptors (Lipinski definition) is 4. The van der Waals surface area contributed by atoms with Gasteiger partial charge < -0.3 is 9.84 Å². The molecule has 0 amide bonds. The van der Waals surface area contributed by atoms with Crippen molar-refractivity contribution in [2.45, 2.75) is 32.8 Å². The Bertz CT molecular complexity index is 1020. The maximum Gasteiger partial charge on any atom is 0.306 e. The molecular weight excluding hydrogens is 378 g/mol. The fourth-order valence-corrected chi connectivity index (χ4v) is 3.39. The lowest BCUT2D eigenvalue weighted by molar-refractivity contribution is -0.141. The van der Waals surface area contributed by atoms with E-state index in [1.165, 1.54) is 0 Å². The first-order chi connectivity index (χ1) is 14.5. The molecule has 5 nitrogen and oxygen atoms in total. The number of rotatable bonds is 9. The van der Waals surface area contributed by atoms with Crippen LogP contribution in [0.15, 0.2) is 72.9 Å². The highest BCUT2D eigenvalue weighted by Gasteiger charge is 2.28. The topological polar surface area (TPSA) is 76.5 Å². The zero-order valence-electron chi connectivity index (χ0n) is 17.1. The fourth-order valence-electron chi connectivity index (χ4n) is 3.39. The third-order valence-corrected chi connectivity index (χ3v) is 5.12. The van der Waals surface area contributed by atoms with Crippen LogP contribution in [-0.2, 0) is 11.4 Å². The van der Waals surface area contributed by atoms with Crippen molar-refractivity contribution in [1.82, 2.24) is 4.98 Å². The standard InChI is InChI=1S/C25H25NO4/c1-17-8-3-4-12-22(17)23(14-18(2)25(28)29)24(27)19-9-7-11-21(15-19)30-16-20-10-5-6-13-26-20/h3-13,15,18,23H,14,16H2,1-2H3,(H,28,29). The number of hydrogen-bond donors (Lipinski definition) is 1. The van der Waals surface area contributed by atoms with Crippen LogP contribution in [0.1, 0.15) is 46.4 Å². The number of pyridine rings is 1. The molecule has 0 saturated carbocycles. The molecular formula is C25H25NO4. The third-order valence-electron chi connectivity index (χ3n) is 5.12. The predicted molar refractivity (Wildman–Crippen MR) is 115 cm³/mol. The smallest absolute Gasteiger partial charge is 0.306 e. The summed E-state index contributed by atoms with van der Waals surface area (Å²) in [4.78, 5) is 29.1. The molecule has 2 unspecified atom stereocenters. The molecule has 1 aromatic heterocycles. The van der Waals surface area contributed by atoms with Gasteiger partial charge in [0.05, 0.1) is 11.6 Å². The molecule has 0 saturated heterocycles. The van der Waals surface area contributed by atoms with Gasteiger partial charge in [0.2, 0.25) is 0 Å². The van der Waals surface area contributed by atoms with Gasteiger partial charge in [-0.3, -0.25) is 14.6 Å². The summed E-state index contributed by atoms with van der Waals surface area (Å²) in [5.41, 5.74) is 3.12. The zero-order chi connectivity index (χ0) is 21.5. The maximum absolute atomic E-state index is 13.4. The average Bonchev–Trinajstić information content (AvgIpc) is 2.77. The van der Waals surface area contributed by atoms with E-state index in [4.69, 9.17) is 4.74 Å². The van der Waals surface area contributed by atoms with Crippen molar-refractivity contribution in [3.05, 3.63) is 95.3 Å². The lowest BCUT2D eigenvalue weighted by atomic mass is 9.82. The summed E-state index contributed by atoms with van der Waals surface area (Å²) in [6, 6.07) is 20.2. The van der Waals surface area contributed by atoms with Crippen LogP contribution in [0.3, 0.4) is 0 Å². The lowest BCUT2D eigenvalue weighted by Crippen LogP contribution is -2.21. The van der Waals surface area contributed by atoms with Gasteiger partial charge in [-0.2, -0.15) is 0 Å². The minimum Gasteiger partial charge on any atom is -0.487 e. The van der Waals surface area contributed by atoms with E-state index in [0.29, 0.717) is 17.9 Å². The summed E-state index contributed by atoms with van der Waals surface area (Å²) in [5.74, 6) is -1.62. The van der Waals surface area contributed by atoms with Crippen LogP contribution in [0.2, 0.25) is 0 Å².